The fraction of sp³-hybridized carbons (Fsp3) is 0.720. The molecule has 32 heavy (non-hydrogen) atoms. The summed E-state index contributed by atoms with van der Waals surface area (Å²) in [6.45, 7) is 13.1. The van der Waals surface area contributed by atoms with Crippen LogP contribution in [0.1, 0.15) is 66.4 Å². The first-order valence-electron chi connectivity index (χ1n) is 11.9. The molecule has 1 amide bonds. The summed E-state index contributed by atoms with van der Waals surface area (Å²) in [6, 6.07) is 9.93. The number of hydrogen-bond donors (Lipinski definition) is 2. The molecule has 1 aromatic carbocycles. The van der Waals surface area contributed by atoms with Gasteiger partial charge >= 0.3 is 7.12 Å². The molecular formula is C25H40BClN2O3. The van der Waals surface area contributed by atoms with E-state index in [0.717, 1.165) is 18.4 Å². The number of nitrogens with one attached hydrogen (secondary N) is 1. The Bertz CT molecular complexity index is 819. The summed E-state index contributed by atoms with van der Waals surface area (Å²) in [7, 11) is -0.427. The average molecular weight is 463 g/mol. The molecule has 1 aliphatic heterocycles. The molecule has 4 aliphatic rings. The molecule has 1 aromatic rings. The molecule has 3 saturated carbocycles. The Morgan fingerprint density at radius 3 is 2.50 bits per heavy atom. The van der Waals surface area contributed by atoms with Gasteiger partial charge in [0.15, 0.2) is 0 Å². The number of halogens is 1. The van der Waals surface area contributed by atoms with Gasteiger partial charge in [-0.3, -0.25) is 4.79 Å². The van der Waals surface area contributed by atoms with Crippen molar-refractivity contribution < 1.29 is 14.1 Å². The maximum Gasteiger partial charge on any atom is 0.481 e. The van der Waals surface area contributed by atoms with Gasteiger partial charge < -0.3 is 20.4 Å². The van der Waals surface area contributed by atoms with E-state index in [9.17, 15) is 4.79 Å². The van der Waals surface area contributed by atoms with Crippen LogP contribution in [0.25, 0.3) is 0 Å². The Hall–Kier alpha value is -1.08. The normalized spacial score (nSPS) is 32.9. The first-order chi connectivity index (χ1) is 14.4. The minimum absolute atomic E-state index is 0. The van der Waals surface area contributed by atoms with Crippen molar-refractivity contribution in [1.29, 1.82) is 0 Å². The zero-order valence-electron chi connectivity index (χ0n) is 20.4. The van der Waals surface area contributed by atoms with E-state index in [4.69, 9.17) is 15.0 Å². The van der Waals surface area contributed by atoms with Crippen molar-refractivity contribution in [3.8, 4) is 0 Å². The third kappa shape index (κ3) is 4.48. The molecule has 5 rings (SSSR count). The van der Waals surface area contributed by atoms with E-state index in [-0.39, 0.29) is 36.0 Å². The van der Waals surface area contributed by atoms with Gasteiger partial charge in [-0.1, -0.05) is 58.0 Å². The summed E-state index contributed by atoms with van der Waals surface area (Å²) >= 11 is 0. The van der Waals surface area contributed by atoms with Crippen molar-refractivity contribution in [3.05, 3.63) is 35.9 Å². The van der Waals surface area contributed by atoms with Crippen LogP contribution in [-0.4, -0.2) is 36.2 Å². The second-order valence-electron chi connectivity index (χ2n) is 11.6. The van der Waals surface area contributed by atoms with Crippen LogP contribution in [0.2, 0.25) is 0 Å². The SMILES string of the molecule is CC(C)C[C@H](NC(=O)[C@@](C)(N)Cc1ccccc1)B1O[C@@H]2CC3C[C@@H](C3(C)C)[C@]2(C)O1.Cl. The molecular weight excluding hydrogens is 423 g/mol. The van der Waals surface area contributed by atoms with E-state index in [2.05, 4.69) is 39.9 Å². The monoisotopic (exact) mass is 462 g/mol. The quantitative estimate of drug-likeness (QED) is 0.597. The van der Waals surface area contributed by atoms with E-state index in [1.165, 1.54) is 6.42 Å². The number of nitrogens with two attached hydrogens (primary N) is 1. The second kappa shape index (κ2) is 8.94. The molecule has 2 bridgehead atoms. The lowest BCUT2D eigenvalue weighted by Crippen LogP contribution is -2.65. The first-order valence-corrected chi connectivity index (χ1v) is 11.9. The summed E-state index contributed by atoms with van der Waals surface area (Å²) in [5, 5.41) is 3.21. The average Bonchev–Trinajstić information content (AvgIpc) is 3.04. The van der Waals surface area contributed by atoms with Gasteiger partial charge in [0.2, 0.25) is 5.91 Å². The highest BCUT2D eigenvalue weighted by molar-refractivity contribution is 6.48. The molecule has 3 aliphatic carbocycles. The van der Waals surface area contributed by atoms with Crippen molar-refractivity contribution >= 4 is 25.4 Å². The molecule has 0 radical (unpaired) electrons. The van der Waals surface area contributed by atoms with Gasteiger partial charge in [0.25, 0.3) is 0 Å². The Morgan fingerprint density at radius 1 is 1.25 bits per heavy atom. The number of hydrogen-bond acceptors (Lipinski definition) is 4. The summed E-state index contributed by atoms with van der Waals surface area (Å²) in [5.74, 6) is 1.24. The lowest BCUT2D eigenvalue weighted by molar-refractivity contribution is -0.199. The van der Waals surface area contributed by atoms with Crippen molar-refractivity contribution in [3.63, 3.8) is 0 Å². The fourth-order valence-electron chi connectivity index (χ4n) is 6.25. The van der Waals surface area contributed by atoms with Crippen LogP contribution >= 0.6 is 12.4 Å². The van der Waals surface area contributed by atoms with Gasteiger partial charge in [-0.25, -0.2) is 0 Å². The molecule has 0 aromatic heterocycles. The smallest absolute Gasteiger partial charge is 0.404 e. The van der Waals surface area contributed by atoms with Crippen LogP contribution in [0.15, 0.2) is 30.3 Å². The Balaban J connectivity index is 0.00000289. The lowest BCUT2D eigenvalue weighted by atomic mass is 9.43. The minimum atomic E-state index is -1.00. The summed E-state index contributed by atoms with van der Waals surface area (Å²) in [6.07, 6.45) is 3.64. The van der Waals surface area contributed by atoms with Gasteiger partial charge in [-0.05, 0) is 68.3 Å². The molecule has 5 nitrogen and oxygen atoms in total. The van der Waals surface area contributed by atoms with E-state index in [1.54, 1.807) is 6.92 Å². The van der Waals surface area contributed by atoms with Gasteiger partial charge in [-0.2, -0.15) is 0 Å². The van der Waals surface area contributed by atoms with Crippen molar-refractivity contribution in [2.75, 3.05) is 0 Å². The minimum Gasteiger partial charge on any atom is -0.404 e. The molecule has 178 valence electrons. The van der Waals surface area contributed by atoms with Crippen molar-refractivity contribution in [1.82, 2.24) is 5.32 Å². The van der Waals surface area contributed by atoms with Gasteiger partial charge in [-0.15, -0.1) is 12.4 Å². The highest BCUT2D eigenvalue weighted by Crippen LogP contribution is 2.65. The first kappa shape index (κ1) is 25.5. The number of amides is 1. The zero-order chi connectivity index (χ0) is 22.6. The predicted molar refractivity (Wildman–Crippen MR) is 131 cm³/mol. The summed E-state index contributed by atoms with van der Waals surface area (Å²) < 4.78 is 13.1. The maximum absolute atomic E-state index is 13.2. The van der Waals surface area contributed by atoms with Crippen LogP contribution < -0.4 is 11.1 Å². The maximum atomic E-state index is 13.2. The fourth-order valence-corrected chi connectivity index (χ4v) is 6.25. The molecule has 1 saturated heterocycles. The van der Waals surface area contributed by atoms with Crippen molar-refractivity contribution in [2.24, 2.45) is 28.9 Å². The number of rotatable bonds is 7. The third-order valence-electron chi connectivity index (χ3n) is 8.27. The third-order valence-corrected chi connectivity index (χ3v) is 8.27. The van der Waals surface area contributed by atoms with Crippen LogP contribution in [0, 0.1) is 23.2 Å². The standard InChI is InChI=1S/C25H39BN2O3.ClH/c1-16(2)12-21(28-22(29)24(5,27)15-17-10-8-7-9-11-17)26-30-20-14-18-13-19(23(18,3)4)25(20,6)31-26;/h7-11,16,18-21H,12-15,27H2,1-6H3,(H,28,29);1H/t18?,19-,20+,21-,24-,25-;/m0./s1. The van der Waals surface area contributed by atoms with E-state index in [1.807, 2.05) is 30.3 Å². The molecule has 3 N–H and O–H groups in total. The summed E-state index contributed by atoms with van der Waals surface area (Å²) in [5.41, 5.74) is 6.55. The number of benzene rings is 1. The van der Waals surface area contributed by atoms with Crippen LogP contribution in [0.3, 0.4) is 0 Å². The van der Waals surface area contributed by atoms with Crippen molar-refractivity contribution in [2.45, 2.75) is 90.4 Å². The number of carbonyl (C=O) groups is 1. The zero-order valence-corrected chi connectivity index (χ0v) is 21.2. The molecule has 1 heterocycles. The molecule has 6 atom stereocenters. The van der Waals surface area contributed by atoms with Crippen LogP contribution in [0.4, 0.5) is 0 Å². The van der Waals surface area contributed by atoms with Gasteiger partial charge in [0, 0.05) is 0 Å². The largest absolute Gasteiger partial charge is 0.481 e. The van der Waals surface area contributed by atoms with E-state index in [0.29, 0.717) is 29.6 Å². The van der Waals surface area contributed by atoms with Gasteiger partial charge in [0.1, 0.15) is 0 Å². The molecule has 7 heteroatoms. The van der Waals surface area contributed by atoms with E-state index >= 15 is 0 Å². The Labute approximate surface area is 200 Å². The van der Waals surface area contributed by atoms with Crippen LogP contribution in [0.5, 0.6) is 0 Å². The molecule has 4 fully saturated rings. The molecule has 0 spiro atoms. The summed E-state index contributed by atoms with van der Waals surface area (Å²) in [4.78, 5) is 13.2. The Morgan fingerprint density at radius 2 is 1.91 bits per heavy atom. The lowest BCUT2D eigenvalue weighted by Gasteiger charge is -2.64. The van der Waals surface area contributed by atoms with Gasteiger partial charge in [0.05, 0.1) is 23.2 Å². The Kier molecular flexibility index (Phi) is 7.14. The van der Waals surface area contributed by atoms with E-state index < -0.39 is 12.7 Å². The second-order valence-corrected chi connectivity index (χ2v) is 11.6. The topological polar surface area (TPSA) is 73.6 Å². The predicted octanol–water partition coefficient (Wildman–Crippen LogP) is 4.17. The highest BCUT2D eigenvalue weighted by Gasteiger charge is 2.68. The number of carbonyl (C=O) groups excluding carboxylic acids is 1. The molecule has 1 unspecified atom stereocenters. The highest BCUT2D eigenvalue weighted by atomic mass is 35.5. The van der Waals surface area contributed by atoms with Crippen LogP contribution in [-0.2, 0) is 20.5 Å².